The van der Waals surface area contributed by atoms with E-state index in [4.69, 9.17) is 14.2 Å². The molecule has 0 saturated carbocycles. The van der Waals surface area contributed by atoms with Crippen LogP contribution in [0.1, 0.15) is 27.0 Å². The Kier molecular flexibility index (Phi) is 6.12. The maximum absolute atomic E-state index is 11.6. The second-order valence-electron chi connectivity index (χ2n) is 6.13. The fourth-order valence-corrected chi connectivity index (χ4v) is 2.87. The van der Waals surface area contributed by atoms with Gasteiger partial charge < -0.3 is 14.2 Å². The van der Waals surface area contributed by atoms with Gasteiger partial charge in [0.1, 0.15) is 11.5 Å². The summed E-state index contributed by atoms with van der Waals surface area (Å²) in [5, 5.41) is 0. The smallest absolute Gasteiger partial charge is 0.337 e. The van der Waals surface area contributed by atoms with Crippen molar-refractivity contribution in [1.82, 2.24) is 0 Å². The molecule has 0 unspecified atom stereocenters. The molecule has 0 fully saturated rings. The Hall–Kier alpha value is -3.53. The third-order valence-electron chi connectivity index (χ3n) is 4.44. The normalized spacial score (nSPS) is 10.1. The molecule has 0 bridgehead atoms. The number of carbonyl (C=O) groups excluding carboxylic acids is 1. The van der Waals surface area contributed by atoms with Crippen LogP contribution in [0.25, 0.3) is 11.6 Å². The molecule has 28 heavy (non-hydrogen) atoms. The molecule has 0 saturated heterocycles. The van der Waals surface area contributed by atoms with Gasteiger partial charge in [0.05, 0.1) is 26.9 Å². The van der Waals surface area contributed by atoms with E-state index in [1.165, 1.54) is 7.11 Å². The molecular formula is C24H22O4. The highest BCUT2D eigenvalue weighted by atomic mass is 16.5. The molecule has 0 spiro atoms. The molecule has 3 rings (SSSR count). The third kappa shape index (κ3) is 4.41. The van der Waals surface area contributed by atoms with Crippen molar-refractivity contribution in [2.24, 2.45) is 0 Å². The van der Waals surface area contributed by atoms with Crippen LogP contribution in [0.2, 0.25) is 0 Å². The van der Waals surface area contributed by atoms with Gasteiger partial charge in [-0.1, -0.05) is 36.4 Å². The van der Waals surface area contributed by atoms with Gasteiger partial charge >= 0.3 is 5.97 Å². The van der Waals surface area contributed by atoms with Crippen molar-refractivity contribution in [2.75, 3.05) is 21.3 Å². The number of benzene rings is 3. The Labute approximate surface area is 165 Å². The van der Waals surface area contributed by atoms with Crippen LogP contribution in [0.5, 0.6) is 11.5 Å². The molecule has 0 aliphatic carbocycles. The van der Waals surface area contributed by atoms with Gasteiger partial charge in [-0.05, 0) is 64.7 Å². The number of methoxy groups -OCH3 is 3. The van der Waals surface area contributed by atoms with Crippen molar-refractivity contribution in [2.45, 2.75) is 0 Å². The maximum atomic E-state index is 11.6. The lowest BCUT2D eigenvalue weighted by atomic mass is 9.95. The topological polar surface area (TPSA) is 44.8 Å². The molecule has 0 N–H and O–H groups in total. The lowest BCUT2D eigenvalue weighted by Crippen LogP contribution is -2.00. The van der Waals surface area contributed by atoms with E-state index < -0.39 is 0 Å². The lowest BCUT2D eigenvalue weighted by molar-refractivity contribution is 0.0600. The molecule has 0 aliphatic heterocycles. The highest BCUT2D eigenvalue weighted by molar-refractivity contribution is 5.93. The van der Waals surface area contributed by atoms with E-state index in [0.717, 1.165) is 33.8 Å². The fourth-order valence-electron chi connectivity index (χ4n) is 2.87. The molecule has 0 atom stereocenters. The van der Waals surface area contributed by atoms with Crippen molar-refractivity contribution in [1.29, 1.82) is 0 Å². The molecule has 0 aromatic heterocycles. The molecule has 0 amide bonds. The SMILES string of the molecule is COC(=O)c1ccc(C=C(c2ccc(OC)cc2)c2ccc(OC)cc2)cc1. The van der Waals surface area contributed by atoms with Gasteiger partial charge in [0.2, 0.25) is 0 Å². The Balaban J connectivity index is 2.03. The molecule has 0 aliphatic rings. The summed E-state index contributed by atoms with van der Waals surface area (Å²) in [5.41, 5.74) is 4.67. The molecule has 4 heteroatoms. The summed E-state index contributed by atoms with van der Waals surface area (Å²) in [5.74, 6) is 1.27. The summed E-state index contributed by atoms with van der Waals surface area (Å²) < 4.78 is 15.3. The van der Waals surface area contributed by atoms with Gasteiger partial charge in [-0.25, -0.2) is 4.79 Å². The van der Waals surface area contributed by atoms with Crippen LogP contribution in [-0.2, 0) is 4.74 Å². The predicted molar refractivity (Wildman–Crippen MR) is 111 cm³/mol. The number of hydrogen-bond donors (Lipinski definition) is 0. The van der Waals surface area contributed by atoms with E-state index in [0.29, 0.717) is 5.56 Å². The first kappa shape index (κ1) is 19.2. The van der Waals surface area contributed by atoms with Gasteiger partial charge in [-0.15, -0.1) is 0 Å². The van der Waals surface area contributed by atoms with Gasteiger partial charge in [0, 0.05) is 0 Å². The Morgan fingerprint density at radius 3 is 1.46 bits per heavy atom. The van der Waals surface area contributed by atoms with Crippen molar-refractivity contribution in [3.8, 4) is 11.5 Å². The number of ether oxygens (including phenoxy) is 3. The van der Waals surface area contributed by atoms with E-state index in [1.54, 1.807) is 26.4 Å². The predicted octanol–water partition coefficient (Wildman–Crippen LogP) is 5.08. The molecule has 3 aromatic carbocycles. The minimum atomic E-state index is -0.346. The van der Waals surface area contributed by atoms with Crippen LogP contribution >= 0.6 is 0 Å². The number of hydrogen-bond acceptors (Lipinski definition) is 4. The first-order valence-electron chi connectivity index (χ1n) is 8.83. The number of carbonyl (C=O) groups is 1. The Morgan fingerprint density at radius 2 is 1.07 bits per heavy atom. The van der Waals surface area contributed by atoms with E-state index in [-0.39, 0.29) is 5.97 Å². The molecule has 3 aromatic rings. The van der Waals surface area contributed by atoms with Crippen LogP contribution in [0, 0.1) is 0 Å². The van der Waals surface area contributed by atoms with Gasteiger partial charge in [0.15, 0.2) is 0 Å². The van der Waals surface area contributed by atoms with Crippen LogP contribution in [0.15, 0.2) is 72.8 Å². The summed E-state index contributed by atoms with van der Waals surface area (Å²) >= 11 is 0. The first-order chi connectivity index (χ1) is 13.6. The monoisotopic (exact) mass is 374 g/mol. The van der Waals surface area contributed by atoms with Crippen molar-refractivity contribution in [3.63, 3.8) is 0 Å². The lowest BCUT2D eigenvalue weighted by Gasteiger charge is -2.11. The molecule has 0 radical (unpaired) electrons. The van der Waals surface area contributed by atoms with Crippen LogP contribution in [0.3, 0.4) is 0 Å². The average molecular weight is 374 g/mol. The molecule has 0 heterocycles. The Bertz CT molecular complexity index is 903. The summed E-state index contributed by atoms with van der Waals surface area (Å²) in [6, 6.07) is 23.2. The van der Waals surface area contributed by atoms with Crippen molar-refractivity contribution < 1.29 is 19.0 Å². The molecule has 142 valence electrons. The highest BCUT2D eigenvalue weighted by Crippen LogP contribution is 2.29. The molecular weight excluding hydrogens is 352 g/mol. The van der Waals surface area contributed by atoms with Crippen molar-refractivity contribution >= 4 is 17.6 Å². The van der Waals surface area contributed by atoms with Crippen LogP contribution < -0.4 is 9.47 Å². The van der Waals surface area contributed by atoms with E-state index in [1.807, 2.05) is 60.7 Å². The summed E-state index contributed by atoms with van der Waals surface area (Å²) in [7, 11) is 4.68. The number of esters is 1. The molecule has 4 nitrogen and oxygen atoms in total. The summed E-state index contributed by atoms with van der Waals surface area (Å²) in [6.07, 6.45) is 2.09. The maximum Gasteiger partial charge on any atom is 0.337 e. The second-order valence-corrected chi connectivity index (χ2v) is 6.13. The largest absolute Gasteiger partial charge is 0.497 e. The minimum absolute atomic E-state index is 0.346. The van der Waals surface area contributed by atoms with Gasteiger partial charge in [-0.2, -0.15) is 0 Å². The Morgan fingerprint density at radius 1 is 0.643 bits per heavy atom. The third-order valence-corrected chi connectivity index (χ3v) is 4.44. The number of rotatable bonds is 6. The van der Waals surface area contributed by atoms with E-state index in [2.05, 4.69) is 6.08 Å². The van der Waals surface area contributed by atoms with E-state index >= 15 is 0 Å². The van der Waals surface area contributed by atoms with Crippen molar-refractivity contribution in [3.05, 3.63) is 95.1 Å². The highest BCUT2D eigenvalue weighted by Gasteiger charge is 2.08. The minimum Gasteiger partial charge on any atom is -0.497 e. The van der Waals surface area contributed by atoms with Crippen LogP contribution in [0.4, 0.5) is 0 Å². The zero-order valence-corrected chi connectivity index (χ0v) is 16.1. The quantitative estimate of drug-likeness (QED) is 0.446. The van der Waals surface area contributed by atoms with E-state index in [9.17, 15) is 4.79 Å². The zero-order valence-electron chi connectivity index (χ0n) is 16.1. The average Bonchev–Trinajstić information content (AvgIpc) is 2.77. The summed E-state index contributed by atoms with van der Waals surface area (Å²) in [6.45, 7) is 0. The van der Waals surface area contributed by atoms with Crippen LogP contribution in [-0.4, -0.2) is 27.3 Å². The van der Waals surface area contributed by atoms with Gasteiger partial charge in [-0.3, -0.25) is 0 Å². The standard InChI is InChI=1S/C24H22O4/c1-26-21-12-8-18(9-13-21)23(19-10-14-22(27-2)15-11-19)16-17-4-6-20(7-5-17)24(25)28-3/h4-16H,1-3H3. The fraction of sp³-hybridized carbons (Fsp3) is 0.125. The first-order valence-corrected chi connectivity index (χ1v) is 8.83. The van der Waals surface area contributed by atoms with Gasteiger partial charge in [0.25, 0.3) is 0 Å². The summed E-state index contributed by atoms with van der Waals surface area (Å²) in [4.78, 5) is 11.6. The zero-order chi connectivity index (χ0) is 19.9. The second kappa shape index (κ2) is 8.91.